The zero-order valence-corrected chi connectivity index (χ0v) is 8.68. The highest BCUT2D eigenvalue weighted by Gasteiger charge is 2.57. The Morgan fingerprint density at radius 1 is 1.40 bits per heavy atom. The van der Waals surface area contributed by atoms with Crippen molar-refractivity contribution in [3.8, 4) is 0 Å². The number of carbonyl (C=O) groups is 2. The van der Waals surface area contributed by atoms with Gasteiger partial charge in [0.25, 0.3) is 0 Å². The molecule has 1 saturated carbocycles. The molecule has 2 aliphatic rings. The first-order valence-electron chi connectivity index (χ1n) is 5.27. The van der Waals surface area contributed by atoms with Crippen molar-refractivity contribution in [1.29, 1.82) is 0 Å². The molecule has 3 atom stereocenters. The van der Waals surface area contributed by atoms with Gasteiger partial charge >= 0.3 is 12.1 Å². The zero-order valence-electron chi connectivity index (χ0n) is 8.68. The molecule has 1 unspecified atom stereocenters. The first-order valence-corrected chi connectivity index (χ1v) is 5.27. The van der Waals surface area contributed by atoms with Crippen LogP contribution in [0.1, 0.15) is 13.3 Å². The Bertz CT molecular complexity index is 279. The average molecular weight is 213 g/mol. The standard InChI is InChI=1S/C10H15NO4/c1-2-15-9(12)3-6-7-4-11(10(13)14)5-8(6)7/h6-8H,2-5H2,1H3,(H,13,14)/t6?,7-,8+. The summed E-state index contributed by atoms with van der Waals surface area (Å²) < 4.78 is 4.86. The molecule has 1 heterocycles. The third-order valence-electron chi connectivity index (χ3n) is 3.35. The number of piperidine rings is 1. The Morgan fingerprint density at radius 2 is 2.00 bits per heavy atom. The van der Waals surface area contributed by atoms with Crippen LogP contribution in [-0.2, 0) is 9.53 Å². The second-order valence-corrected chi connectivity index (χ2v) is 4.19. The van der Waals surface area contributed by atoms with Crippen molar-refractivity contribution in [3.05, 3.63) is 0 Å². The number of carboxylic acid groups (broad SMARTS) is 1. The van der Waals surface area contributed by atoms with Gasteiger partial charge in [0.2, 0.25) is 0 Å². The molecule has 5 nitrogen and oxygen atoms in total. The lowest BCUT2D eigenvalue weighted by Crippen LogP contribution is -2.30. The van der Waals surface area contributed by atoms with E-state index in [2.05, 4.69) is 0 Å². The van der Waals surface area contributed by atoms with Gasteiger partial charge in [-0.3, -0.25) is 4.79 Å². The first-order chi connectivity index (χ1) is 7.13. The molecule has 1 aliphatic heterocycles. The lowest BCUT2D eigenvalue weighted by molar-refractivity contribution is -0.143. The highest BCUT2D eigenvalue weighted by Crippen LogP contribution is 2.53. The molecule has 0 aromatic heterocycles. The van der Waals surface area contributed by atoms with Crippen molar-refractivity contribution in [2.45, 2.75) is 13.3 Å². The minimum Gasteiger partial charge on any atom is -0.466 e. The van der Waals surface area contributed by atoms with Gasteiger partial charge in [0.1, 0.15) is 0 Å². The Morgan fingerprint density at radius 3 is 2.47 bits per heavy atom. The van der Waals surface area contributed by atoms with Gasteiger partial charge in [-0.1, -0.05) is 0 Å². The summed E-state index contributed by atoms with van der Waals surface area (Å²) in [4.78, 5) is 23.2. The van der Waals surface area contributed by atoms with Crippen molar-refractivity contribution in [2.24, 2.45) is 17.8 Å². The molecule has 1 saturated heterocycles. The van der Waals surface area contributed by atoms with Gasteiger partial charge < -0.3 is 14.7 Å². The van der Waals surface area contributed by atoms with E-state index in [0.29, 0.717) is 43.9 Å². The fourth-order valence-corrected chi connectivity index (χ4v) is 2.52. The molecule has 0 radical (unpaired) electrons. The van der Waals surface area contributed by atoms with Crippen LogP contribution in [-0.4, -0.2) is 41.8 Å². The number of rotatable bonds is 3. The summed E-state index contributed by atoms with van der Waals surface area (Å²) >= 11 is 0. The summed E-state index contributed by atoms with van der Waals surface area (Å²) in [5, 5.41) is 8.74. The van der Waals surface area contributed by atoms with Crippen LogP contribution in [0.4, 0.5) is 4.79 Å². The Hall–Kier alpha value is -1.26. The van der Waals surface area contributed by atoms with E-state index in [1.807, 2.05) is 0 Å². The van der Waals surface area contributed by atoms with Gasteiger partial charge in [0.15, 0.2) is 0 Å². The molecule has 2 rings (SSSR count). The van der Waals surface area contributed by atoms with E-state index in [0.717, 1.165) is 0 Å². The SMILES string of the molecule is CCOC(=O)CC1[C@H]2CN(C(=O)O)C[C@@H]12. The van der Waals surface area contributed by atoms with Gasteiger partial charge in [-0.15, -0.1) is 0 Å². The lowest BCUT2D eigenvalue weighted by atomic mass is 10.2. The van der Waals surface area contributed by atoms with Crippen molar-refractivity contribution >= 4 is 12.1 Å². The average Bonchev–Trinajstić information content (AvgIpc) is 2.62. The molecule has 5 heteroatoms. The molecule has 0 spiro atoms. The largest absolute Gasteiger partial charge is 0.466 e. The highest BCUT2D eigenvalue weighted by molar-refractivity contribution is 5.71. The maximum absolute atomic E-state index is 11.2. The van der Waals surface area contributed by atoms with Crippen molar-refractivity contribution in [1.82, 2.24) is 4.90 Å². The summed E-state index contributed by atoms with van der Waals surface area (Å²) in [6.45, 7) is 3.38. The number of nitrogens with zero attached hydrogens (tertiary/aromatic N) is 1. The number of hydrogen-bond acceptors (Lipinski definition) is 3. The van der Waals surface area contributed by atoms with Crippen LogP contribution in [0.25, 0.3) is 0 Å². The number of amides is 1. The predicted molar refractivity (Wildman–Crippen MR) is 51.3 cm³/mol. The second-order valence-electron chi connectivity index (χ2n) is 4.19. The number of esters is 1. The van der Waals surface area contributed by atoms with Crippen molar-refractivity contribution in [2.75, 3.05) is 19.7 Å². The quantitative estimate of drug-likeness (QED) is 0.704. The molecule has 1 amide bonds. The van der Waals surface area contributed by atoms with Crippen molar-refractivity contribution < 1.29 is 19.4 Å². The minimum atomic E-state index is -0.850. The molecule has 1 aliphatic carbocycles. The second kappa shape index (κ2) is 3.72. The molecule has 0 aromatic rings. The fourth-order valence-electron chi connectivity index (χ4n) is 2.52. The van der Waals surface area contributed by atoms with E-state index >= 15 is 0 Å². The van der Waals surface area contributed by atoms with E-state index in [4.69, 9.17) is 9.84 Å². The van der Waals surface area contributed by atoms with Gasteiger partial charge in [-0.2, -0.15) is 0 Å². The summed E-state index contributed by atoms with van der Waals surface area (Å²) in [5.41, 5.74) is 0. The summed E-state index contributed by atoms with van der Waals surface area (Å²) in [5.74, 6) is 0.995. The van der Waals surface area contributed by atoms with Crippen LogP contribution in [0.15, 0.2) is 0 Å². The third kappa shape index (κ3) is 1.91. The third-order valence-corrected chi connectivity index (χ3v) is 3.35. The highest BCUT2D eigenvalue weighted by atomic mass is 16.5. The number of carbonyl (C=O) groups excluding carboxylic acids is 1. The molecular weight excluding hydrogens is 198 g/mol. The van der Waals surface area contributed by atoms with Crippen LogP contribution < -0.4 is 0 Å². The Balaban J connectivity index is 1.75. The summed E-state index contributed by atoms with van der Waals surface area (Å²) in [7, 11) is 0. The monoisotopic (exact) mass is 213 g/mol. The molecule has 84 valence electrons. The van der Waals surface area contributed by atoms with Gasteiger partial charge in [-0.25, -0.2) is 4.79 Å². The van der Waals surface area contributed by atoms with Crippen LogP contribution in [0.2, 0.25) is 0 Å². The maximum Gasteiger partial charge on any atom is 0.407 e. The van der Waals surface area contributed by atoms with E-state index in [1.165, 1.54) is 4.90 Å². The predicted octanol–water partition coefficient (Wildman–Crippen LogP) is 0.795. The van der Waals surface area contributed by atoms with Crippen LogP contribution in [0, 0.1) is 17.8 Å². The fraction of sp³-hybridized carbons (Fsp3) is 0.800. The minimum absolute atomic E-state index is 0.154. The Kier molecular flexibility index (Phi) is 2.54. The normalized spacial score (nSPS) is 32.3. The van der Waals surface area contributed by atoms with Gasteiger partial charge in [-0.05, 0) is 24.7 Å². The number of fused-ring (bicyclic) bond motifs is 1. The Labute approximate surface area is 88.0 Å². The molecular formula is C10H15NO4. The number of ether oxygens (including phenoxy) is 1. The van der Waals surface area contributed by atoms with Crippen LogP contribution >= 0.6 is 0 Å². The molecule has 1 N–H and O–H groups in total. The van der Waals surface area contributed by atoms with Crippen LogP contribution in [0.5, 0.6) is 0 Å². The van der Waals surface area contributed by atoms with Gasteiger partial charge in [0.05, 0.1) is 6.61 Å². The zero-order chi connectivity index (χ0) is 11.0. The van der Waals surface area contributed by atoms with E-state index in [1.54, 1.807) is 6.92 Å². The number of hydrogen-bond donors (Lipinski definition) is 1. The molecule has 0 bridgehead atoms. The molecule has 15 heavy (non-hydrogen) atoms. The van der Waals surface area contributed by atoms with Crippen LogP contribution in [0.3, 0.4) is 0 Å². The first kappa shape index (κ1) is 10.3. The smallest absolute Gasteiger partial charge is 0.407 e. The molecule has 0 aromatic carbocycles. The maximum atomic E-state index is 11.2. The number of likely N-dealkylation sites (tertiary alicyclic amines) is 1. The van der Waals surface area contributed by atoms with Gasteiger partial charge in [0, 0.05) is 19.5 Å². The topological polar surface area (TPSA) is 66.8 Å². The van der Waals surface area contributed by atoms with E-state index < -0.39 is 6.09 Å². The summed E-state index contributed by atoms with van der Waals surface area (Å²) in [6, 6.07) is 0. The van der Waals surface area contributed by atoms with Crippen molar-refractivity contribution in [3.63, 3.8) is 0 Å². The van der Waals surface area contributed by atoms with E-state index in [-0.39, 0.29) is 5.97 Å². The lowest BCUT2D eigenvalue weighted by Gasteiger charge is -2.15. The summed E-state index contributed by atoms with van der Waals surface area (Å²) in [6.07, 6.45) is -0.395. The molecule has 2 fully saturated rings. The van der Waals surface area contributed by atoms with E-state index in [9.17, 15) is 9.59 Å².